The molecule has 2 rings (SSSR count). The second kappa shape index (κ2) is 4.32. The van der Waals surface area contributed by atoms with E-state index in [-0.39, 0.29) is 6.10 Å². The van der Waals surface area contributed by atoms with E-state index in [1.54, 1.807) is 12.4 Å². The van der Waals surface area contributed by atoms with E-state index < -0.39 is 0 Å². The summed E-state index contributed by atoms with van der Waals surface area (Å²) in [5.41, 5.74) is 2.13. The van der Waals surface area contributed by atoms with Crippen molar-refractivity contribution >= 4 is 11.8 Å². The maximum atomic E-state index is 10.1. The summed E-state index contributed by atoms with van der Waals surface area (Å²) in [6, 6.07) is 1.96. The van der Waals surface area contributed by atoms with Gasteiger partial charge in [-0.25, -0.2) is 0 Å². The van der Waals surface area contributed by atoms with Gasteiger partial charge in [0.15, 0.2) is 0 Å². The van der Waals surface area contributed by atoms with Gasteiger partial charge in [0.25, 0.3) is 0 Å². The second-order valence-electron chi connectivity index (χ2n) is 3.73. The summed E-state index contributed by atoms with van der Waals surface area (Å²) in [6.07, 6.45) is 5.58. The first kappa shape index (κ1) is 9.99. The Morgan fingerprint density at radius 1 is 1.64 bits per heavy atom. The van der Waals surface area contributed by atoms with Gasteiger partial charge in [-0.3, -0.25) is 4.98 Å². The molecular weight excluding hydrogens is 194 g/mol. The molecule has 1 aliphatic heterocycles. The molecule has 76 valence electrons. The number of hydrogen-bond acceptors (Lipinski definition) is 3. The van der Waals surface area contributed by atoms with Gasteiger partial charge in [0, 0.05) is 23.2 Å². The van der Waals surface area contributed by atoms with Crippen LogP contribution in [0.15, 0.2) is 18.5 Å². The molecule has 1 saturated heterocycles. The first-order valence-corrected chi connectivity index (χ1v) is 6.04. The summed E-state index contributed by atoms with van der Waals surface area (Å²) in [5, 5.41) is 10.5. The molecule has 2 nitrogen and oxygen atoms in total. The normalized spacial score (nSPS) is 23.7. The van der Waals surface area contributed by atoms with Gasteiger partial charge in [0.1, 0.15) is 0 Å². The average Bonchev–Trinajstić information content (AvgIpc) is 2.70. The second-order valence-corrected chi connectivity index (χ2v) is 5.08. The molecule has 2 atom stereocenters. The van der Waals surface area contributed by atoms with Gasteiger partial charge in [-0.05, 0) is 37.1 Å². The monoisotopic (exact) mass is 209 g/mol. The van der Waals surface area contributed by atoms with E-state index in [1.165, 1.54) is 12.2 Å². The van der Waals surface area contributed by atoms with Gasteiger partial charge in [-0.2, -0.15) is 11.8 Å². The lowest BCUT2D eigenvalue weighted by atomic mass is 10.0. The Hall–Kier alpha value is -0.540. The van der Waals surface area contributed by atoms with Gasteiger partial charge in [0.05, 0.1) is 6.10 Å². The van der Waals surface area contributed by atoms with Gasteiger partial charge in [0.2, 0.25) is 0 Å². The molecule has 0 radical (unpaired) electrons. The van der Waals surface area contributed by atoms with Crippen LogP contribution < -0.4 is 0 Å². The van der Waals surface area contributed by atoms with Gasteiger partial charge < -0.3 is 5.11 Å². The fourth-order valence-corrected chi connectivity index (χ4v) is 3.14. The number of rotatable bonds is 2. The van der Waals surface area contributed by atoms with Gasteiger partial charge in [-0.15, -0.1) is 0 Å². The van der Waals surface area contributed by atoms with E-state index in [9.17, 15) is 5.11 Å². The summed E-state index contributed by atoms with van der Waals surface area (Å²) in [4.78, 5) is 4.07. The van der Waals surface area contributed by atoms with Crippen LogP contribution in [0.3, 0.4) is 0 Å². The first-order chi connectivity index (χ1) is 6.79. The Labute approximate surface area is 88.8 Å². The van der Waals surface area contributed by atoms with Crippen LogP contribution in [-0.4, -0.2) is 21.1 Å². The number of nitrogens with zero attached hydrogens (tertiary/aromatic N) is 1. The van der Waals surface area contributed by atoms with Crippen molar-refractivity contribution in [2.45, 2.75) is 31.1 Å². The summed E-state index contributed by atoms with van der Waals surface area (Å²) >= 11 is 1.88. The predicted octanol–water partition coefficient (Wildman–Crippen LogP) is 2.32. The largest absolute Gasteiger partial charge is 0.387 e. The Balaban J connectivity index is 2.17. The molecule has 0 saturated carbocycles. The fraction of sp³-hybridized carbons (Fsp3) is 0.545. The Morgan fingerprint density at radius 2 is 2.50 bits per heavy atom. The van der Waals surface area contributed by atoms with E-state index in [2.05, 4.69) is 4.98 Å². The minimum atomic E-state index is -0.337. The number of aryl methyl sites for hydroxylation is 1. The van der Waals surface area contributed by atoms with Crippen molar-refractivity contribution in [3.05, 3.63) is 29.6 Å². The van der Waals surface area contributed by atoms with Crippen LogP contribution in [0.1, 0.15) is 30.1 Å². The molecule has 1 N–H and O–H groups in total. The van der Waals surface area contributed by atoms with Crippen LogP contribution in [0.25, 0.3) is 0 Å². The lowest BCUT2D eigenvalue weighted by Gasteiger charge is -2.18. The summed E-state index contributed by atoms with van der Waals surface area (Å²) in [7, 11) is 0. The van der Waals surface area contributed by atoms with Crippen LogP contribution in [0.2, 0.25) is 0 Å². The molecular formula is C11H15NOS. The molecule has 0 bridgehead atoms. The molecule has 14 heavy (non-hydrogen) atoms. The van der Waals surface area contributed by atoms with Crippen LogP contribution in [0.4, 0.5) is 0 Å². The summed E-state index contributed by atoms with van der Waals surface area (Å²) < 4.78 is 0. The molecule has 2 unspecified atom stereocenters. The molecule has 3 heteroatoms. The van der Waals surface area contributed by atoms with Crippen LogP contribution in [0.5, 0.6) is 0 Å². The third-order valence-corrected chi connectivity index (χ3v) is 4.16. The molecule has 0 spiro atoms. The van der Waals surface area contributed by atoms with Crippen molar-refractivity contribution in [2.24, 2.45) is 0 Å². The quantitative estimate of drug-likeness (QED) is 0.811. The zero-order valence-electron chi connectivity index (χ0n) is 8.31. The van der Waals surface area contributed by atoms with Crippen molar-refractivity contribution < 1.29 is 5.11 Å². The molecule has 1 aliphatic rings. The number of hydrogen-bond donors (Lipinski definition) is 1. The number of aliphatic hydroxyl groups is 1. The van der Waals surface area contributed by atoms with E-state index in [0.717, 1.165) is 17.5 Å². The van der Waals surface area contributed by atoms with Crippen LogP contribution in [0, 0.1) is 6.92 Å². The zero-order valence-corrected chi connectivity index (χ0v) is 9.13. The lowest BCUT2D eigenvalue weighted by Crippen LogP contribution is -2.13. The highest BCUT2D eigenvalue weighted by atomic mass is 32.2. The summed E-state index contributed by atoms with van der Waals surface area (Å²) in [6.45, 7) is 2.03. The first-order valence-electron chi connectivity index (χ1n) is 4.99. The molecule has 1 aromatic heterocycles. The molecule has 1 fully saturated rings. The van der Waals surface area contributed by atoms with Crippen molar-refractivity contribution in [3.8, 4) is 0 Å². The summed E-state index contributed by atoms with van der Waals surface area (Å²) in [5.74, 6) is 1.18. The van der Waals surface area contributed by atoms with Crippen molar-refractivity contribution in [3.63, 3.8) is 0 Å². The van der Waals surface area contributed by atoms with E-state index in [4.69, 9.17) is 0 Å². The standard InChI is InChI=1S/C11H15NOS/c1-8-4-5-12-7-9(8)11(13)10-3-2-6-14-10/h4-5,7,10-11,13H,2-3,6H2,1H3. The third-order valence-electron chi connectivity index (χ3n) is 2.72. The van der Waals surface area contributed by atoms with Crippen LogP contribution >= 0.6 is 11.8 Å². The molecule has 0 aliphatic carbocycles. The highest BCUT2D eigenvalue weighted by Crippen LogP contribution is 2.36. The molecule has 2 heterocycles. The minimum absolute atomic E-state index is 0.337. The number of aliphatic hydroxyl groups excluding tert-OH is 1. The number of pyridine rings is 1. The van der Waals surface area contributed by atoms with Crippen molar-refractivity contribution in [1.29, 1.82) is 0 Å². The van der Waals surface area contributed by atoms with Crippen molar-refractivity contribution in [2.75, 3.05) is 5.75 Å². The Morgan fingerprint density at radius 3 is 3.14 bits per heavy atom. The Kier molecular flexibility index (Phi) is 3.08. The lowest BCUT2D eigenvalue weighted by molar-refractivity contribution is 0.172. The van der Waals surface area contributed by atoms with Crippen LogP contribution in [-0.2, 0) is 0 Å². The third kappa shape index (κ3) is 1.93. The minimum Gasteiger partial charge on any atom is -0.387 e. The predicted molar refractivity (Wildman–Crippen MR) is 59.4 cm³/mol. The topological polar surface area (TPSA) is 33.1 Å². The van der Waals surface area contributed by atoms with Gasteiger partial charge >= 0.3 is 0 Å². The van der Waals surface area contributed by atoms with E-state index >= 15 is 0 Å². The smallest absolute Gasteiger partial charge is 0.0925 e. The molecule has 0 aromatic carbocycles. The Bertz CT molecular complexity index is 310. The average molecular weight is 209 g/mol. The van der Waals surface area contributed by atoms with E-state index in [0.29, 0.717) is 5.25 Å². The van der Waals surface area contributed by atoms with Crippen molar-refractivity contribution in [1.82, 2.24) is 4.98 Å². The van der Waals surface area contributed by atoms with Gasteiger partial charge in [-0.1, -0.05) is 0 Å². The highest BCUT2D eigenvalue weighted by Gasteiger charge is 2.25. The zero-order chi connectivity index (χ0) is 9.97. The van der Waals surface area contributed by atoms with E-state index in [1.807, 2.05) is 24.8 Å². The fourth-order valence-electron chi connectivity index (χ4n) is 1.84. The number of thioether (sulfide) groups is 1. The maximum absolute atomic E-state index is 10.1. The SMILES string of the molecule is Cc1ccncc1C(O)C1CCCS1. The molecule has 1 aromatic rings. The number of aromatic nitrogens is 1. The highest BCUT2D eigenvalue weighted by molar-refractivity contribution is 8.00. The molecule has 0 amide bonds. The maximum Gasteiger partial charge on any atom is 0.0925 e.